The number of rotatable bonds is 5. The van der Waals surface area contributed by atoms with Gasteiger partial charge in [0.25, 0.3) is 0 Å². The number of fused-ring (bicyclic) bond motifs is 1. The molecular formula is C22H23N5O2. The smallest absolute Gasteiger partial charge is 0.125 e. The van der Waals surface area contributed by atoms with Crippen LogP contribution in [0.15, 0.2) is 47.2 Å². The second kappa shape index (κ2) is 7.33. The number of hydrogen-bond donors (Lipinski definition) is 1. The lowest BCUT2D eigenvalue weighted by atomic mass is 10.0. The van der Waals surface area contributed by atoms with Crippen LogP contribution in [-0.4, -0.2) is 39.1 Å². The highest BCUT2D eigenvalue weighted by Crippen LogP contribution is 2.35. The first-order valence-corrected chi connectivity index (χ1v) is 9.86. The van der Waals surface area contributed by atoms with Crippen LogP contribution in [0.25, 0.3) is 22.0 Å². The fourth-order valence-corrected chi connectivity index (χ4v) is 4.27. The molecule has 0 radical (unpaired) electrons. The van der Waals surface area contributed by atoms with Gasteiger partial charge in [-0.3, -0.25) is 10.00 Å². The number of benzene rings is 2. The van der Waals surface area contributed by atoms with Crippen molar-refractivity contribution in [1.82, 2.24) is 25.4 Å². The molecule has 3 heterocycles. The largest absolute Gasteiger partial charge is 0.497 e. The van der Waals surface area contributed by atoms with E-state index in [1.165, 1.54) is 10.9 Å². The standard InChI is InChI=1S/C22H23N5O2/c1-14-21(26-29-25-14)20-4-3-9-27(20)13-18-12-23-24-22(18)17-6-5-16-11-19(28-2)8-7-15(16)10-17/h5-8,10-12,20H,3-4,9,13H2,1-2H3,(H,23,24)/t20-/m1/s1. The highest BCUT2D eigenvalue weighted by molar-refractivity contribution is 5.88. The van der Waals surface area contributed by atoms with Gasteiger partial charge in [-0.2, -0.15) is 5.10 Å². The quantitative estimate of drug-likeness (QED) is 0.549. The van der Waals surface area contributed by atoms with Crippen LogP contribution in [0.5, 0.6) is 5.75 Å². The summed E-state index contributed by atoms with van der Waals surface area (Å²) in [5, 5.41) is 18.0. The van der Waals surface area contributed by atoms with Crippen LogP contribution in [0.4, 0.5) is 0 Å². The molecule has 0 unspecified atom stereocenters. The van der Waals surface area contributed by atoms with Crippen molar-refractivity contribution >= 4 is 10.8 Å². The average Bonchev–Trinajstić information content (AvgIpc) is 3.49. The zero-order valence-electron chi connectivity index (χ0n) is 16.6. The second-order valence-corrected chi connectivity index (χ2v) is 7.56. The Morgan fingerprint density at radius 1 is 1.17 bits per heavy atom. The van der Waals surface area contributed by atoms with E-state index in [9.17, 15) is 0 Å². The average molecular weight is 389 g/mol. The zero-order chi connectivity index (χ0) is 19.8. The Hall–Kier alpha value is -3.19. The van der Waals surface area contributed by atoms with E-state index in [1.807, 2.05) is 19.2 Å². The van der Waals surface area contributed by atoms with Crippen LogP contribution in [-0.2, 0) is 6.54 Å². The number of H-pyrrole nitrogens is 1. The van der Waals surface area contributed by atoms with Crippen molar-refractivity contribution in [2.24, 2.45) is 0 Å². The van der Waals surface area contributed by atoms with E-state index < -0.39 is 0 Å². The fourth-order valence-electron chi connectivity index (χ4n) is 4.27. The van der Waals surface area contributed by atoms with E-state index in [1.54, 1.807) is 7.11 Å². The van der Waals surface area contributed by atoms with Gasteiger partial charge in [-0.05, 0) is 55.3 Å². The number of ether oxygens (including phenoxy) is 1. The molecule has 2 aromatic heterocycles. The van der Waals surface area contributed by atoms with Gasteiger partial charge in [0.05, 0.1) is 25.0 Å². The number of nitrogens with zero attached hydrogens (tertiary/aromatic N) is 4. The van der Waals surface area contributed by atoms with Gasteiger partial charge in [0.2, 0.25) is 0 Å². The Balaban J connectivity index is 1.44. The van der Waals surface area contributed by atoms with Gasteiger partial charge < -0.3 is 4.74 Å². The Labute approximate surface area is 168 Å². The number of hydrogen-bond acceptors (Lipinski definition) is 6. The molecular weight excluding hydrogens is 366 g/mol. The first-order valence-electron chi connectivity index (χ1n) is 9.86. The maximum Gasteiger partial charge on any atom is 0.125 e. The fraction of sp³-hybridized carbons (Fsp3) is 0.318. The third-order valence-electron chi connectivity index (χ3n) is 5.79. The first kappa shape index (κ1) is 17.9. The molecule has 7 nitrogen and oxygen atoms in total. The molecule has 0 spiro atoms. The molecule has 0 amide bonds. The van der Waals surface area contributed by atoms with Crippen LogP contribution in [0.3, 0.4) is 0 Å². The van der Waals surface area contributed by atoms with Gasteiger partial charge in [-0.1, -0.05) is 28.5 Å². The Bertz CT molecular complexity index is 1150. The minimum absolute atomic E-state index is 0.244. The molecule has 0 bridgehead atoms. The van der Waals surface area contributed by atoms with Gasteiger partial charge >= 0.3 is 0 Å². The van der Waals surface area contributed by atoms with Gasteiger partial charge in [0, 0.05) is 17.7 Å². The van der Waals surface area contributed by atoms with Crippen molar-refractivity contribution in [3.63, 3.8) is 0 Å². The Morgan fingerprint density at radius 2 is 2.03 bits per heavy atom. The molecule has 0 aliphatic carbocycles. The van der Waals surface area contributed by atoms with E-state index in [0.29, 0.717) is 0 Å². The summed E-state index contributed by atoms with van der Waals surface area (Å²) in [7, 11) is 1.69. The van der Waals surface area contributed by atoms with Crippen LogP contribution in [0, 0.1) is 6.92 Å². The molecule has 1 aliphatic rings. The SMILES string of the molecule is COc1ccc2cc(-c3[nH]ncc3CN3CCC[C@@H]3c3nonc3C)ccc2c1. The highest BCUT2D eigenvalue weighted by Gasteiger charge is 2.31. The van der Waals surface area contributed by atoms with Gasteiger partial charge in [-0.25, -0.2) is 4.63 Å². The Kier molecular flexibility index (Phi) is 4.52. The maximum atomic E-state index is 5.33. The molecule has 2 aromatic carbocycles. The molecule has 5 rings (SSSR count). The van der Waals surface area contributed by atoms with Gasteiger partial charge in [0.1, 0.15) is 17.1 Å². The number of nitrogens with one attached hydrogen (secondary N) is 1. The van der Waals surface area contributed by atoms with Crippen molar-refractivity contribution in [3.8, 4) is 17.0 Å². The molecule has 4 aromatic rings. The third-order valence-corrected chi connectivity index (χ3v) is 5.79. The van der Waals surface area contributed by atoms with Crippen LogP contribution in [0.2, 0.25) is 0 Å². The lowest BCUT2D eigenvalue weighted by molar-refractivity contribution is 0.231. The normalized spacial score (nSPS) is 17.2. The summed E-state index contributed by atoms with van der Waals surface area (Å²) in [6, 6.07) is 12.8. The predicted octanol–water partition coefficient (Wildman–Crippen LogP) is 4.27. The number of aromatic nitrogens is 4. The summed E-state index contributed by atoms with van der Waals surface area (Å²) < 4.78 is 10.3. The van der Waals surface area contributed by atoms with Gasteiger partial charge in [0.15, 0.2) is 0 Å². The summed E-state index contributed by atoms with van der Waals surface area (Å²) in [4.78, 5) is 2.44. The molecule has 1 fully saturated rings. The van der Waals surface area contributed by atoms with E-state index >= 15 is 0 Å². The van der Waals surface area contributed by atoms with Crippen molar-refractivity contribution < 1.29 is 9.37 Å². The van der Waals surface area contributed by atoms with Crippen LogP contribution < -0.4 is 4.74 Å². The van der Waals surface area contributed by atoms with E-state index in [0.717, 1.165) is 59.7 Å². The van der Waals surface area contributed by atoms with Crippen LogP contribution >= 0.6 is 0 Å². The second-order valence-electron chi connectivity index (χ2n) is 7.56. The van der Waals surface area contributed by atoms with Crippen molar-refractivity contribution in [2.45, 2.75) is 32.4 Å². The number of likely N-dealkylation sites (tertiary alicyclic amines) is 1. The Morgan fingerprint density at radius 3 is 2.86 bits per heavy atom. The van der Waals surface area contributed by atoms with E-state index in [4.69, 9.17) is 9.37 Å². The van der Waals surface area contributed by atoms with E-state index in [2.05, 4.69) is 55.7 Å². The summed E-state index contributed by atoms with van der Waals surface area (Å²) in [5.41, 5.74) is 5.19. The van der Waals surface area contributed by atoms with Crippen molar-refractivity contribution in [1.29, 1.82) is 0 Å². The molecule has 7 heteroatoms. The highest BCUT2D eigenvalue weighted by atomic mass is 16.6. The minimum atomic E-state index is 0.244. The van der Waals surface area contributed by atoms with Crippen molar-refractivity contribution in [2.75, 3.05) is 13.7 Å². The molecule has 1 atom stereocenters. The topological polar surface area (TPSA) is 80.1 Å². The van der Waals surface area contributed by atoms with Gasteiger partial charge in [-0.15, -0.1) is 0 Å². The molecule has 148 valence electrons. The number of aromatic amines is 1. The number of aryl methyl sites for hydroxylation is 1. The number of methoxy groups -OCH3 is 1. The molecule has 1 aliphatic heterocycles. The third kappa shape index (κ3) is 3.27. The van der Waals surface area contributed by atoms with Crippen LogP contribution in [0.1, 0.15) is 35.8 Å². The maximum absolute atomic E-state index is 5.33. The predicted molar refractivity (Wildman–Crippen MR) is 110 cm³/mol. The molecule has 1 N–H and O–H groups in total. The lowest BCUT2D eigenvalue weighted by Gasteiger charge is -2.22. The summed E-state index contributed by atoms with van der Waals surface area (Å²) in [5.74, 6) is 0.866. The summed E-state index contributed by atoms with van der Waals surface area (Å²) in [6.07, 6.45) is 4.14. The lowest BCUT2D eigenvalue weighted by Crippen LogP contribution is -2.23. The monoisotopic (exact) mass is 389 g/mol. The van der Waals surface area contributed by atoms with Crippen molar-refractivity contribution in [3.05, 3.63) is 59.5 Å². The van der Waals surface area contributed by atoms with E-state index in [-0.39, 0.29) is 6.04 Å². The molecule has 29 heavy (non-hydrogen) atoms. The summed E-state index contributed by atoms with van der Waals surface area (Å²) >= 11 is 0. The molecule has 0 saturated carbocycles. The summed E-state index contributed by atoms with van der Waals surface area (Å²) in [6.45, 7) is 3.79. The molecule has 1 saturated heterocycles. The zero-order valence-corrected chi connectivity index (χ0v) is 16.6. The minimum Gasteiger partial charge on any atom is -0.497 e. The first-order chi connectivity index (χ1) is 14.2.